The Kier molecular flexibility index (Phi) is 5.30. The Hall–Kier alpha value is -3.04. The van der Waals surface area contributed by atoms with E-state index in [2.05, 4.69) is 9.88 Å². The van der Waals surface area contributed by atoms with Crippen LogP contribution in [-0.2, 0) is 16.6 Å². The third kappa shape index (κ3) is 3.51. The minimum absolute atomic E-state index is 0.0148. The second-order valence-corrected chi connectivity index (χ2v) is 10.1. The number of fused-ring (bicyclic) bond motifs is 2. The molecule has 2 unspecified atom stereocenters. The molecule has 2 aromatic heterocycles. The van der Waals surface area contributed by atoms with Gasteiger partial charge < -0.3 is 4.90 Å². The molecule has 0 spiro atoms. The molecule has 0 radical (unpaired) electrons. The Labute approximate surface area is 187 Å². The summed E-state index contributed by atoms with van der Waals surface area (Å²) in [5, 5.41) is 0. The number of nitrogens with zero attached hydrogens (tertiary/aromatic N) is 5. The molecule has 1 saturated heterocycles. The van der Waals surface area contributed by atoms with Crippen LogP contribution in [0.25, 0.3) is 11.3 Å². The molecule has 2 aliphatic rings. The van der Waals surface area contributed by atoms with Crippen LogP contribution in [0.5, 0.6) is 0 Å². The van der Waals surface area contributed by atoms with Gasteiger partial charge in [-0.3, -0.25) is 14.3 Å². The highest BCUT2D eigenvalue weighted by molar-refractivity contribution is 7.89. The van der Waals surface area contributed by atoms with Crippen molar-refractivity contribution < 1.29 is 8.42 Å². The number of aromatic nitrogens is 3. The smallest absolute Gasteiger partial charge is 0.255 e. The Morgan fingerprint density at radius 3 is 2.53 bits per heavy atom. The van der Waals surface area contributed by atoms with Gasteiger partial charge in [-0.15, -0.1) is 0 Å². The van der Waals surface area contributed by atoms with Gasteiger partial charge in [0.15, 0.2) is 0 Å². The largest absolute Gasteiger partial charge is 0.339 e. The van der Waals surface area contributed by atoms with Crippen LogP contribution in [0.3, 0.4) is 0 Å². The molecular weight excluding hydrogens is 426 g/mol. The lowest BCUT2D eigenvalue weighted by Crippen LogP contribution is -2.58. The zero-order chi connectivity index (χ0) is 22.3. The third-order valence-corrected chi connectivity index (χ3v) is 8.30. The molecular formula is C23H25N5O3S. The van der Waals surface area contributed by atoms with Crippen LogP contribution in [0, 0.1) is 5.92 Å². The highest BCUT2D eigenvalue weighted by Crippen LogP contribution is 2.34. The summed E-state index contributed by atoms with van der Waals surface area (Å²) in [6, 6.07) is 13.9. The summed E-state index contributed by atoms with van der Waals surface area (Å²) in [7, 11) is -3.56. The van der Waals surface area contributed by atoms with Crippen molar-refractivity contribution in [1.82, 2.24) is 18.8 Å². The average molecular weight is 452 g/mol. The van der Waals surface area contributed by atoms with E-state index in [-0.39, 0.29) is 17.5 Å². The summed E-state index contributed by atoms with van der Waals surface area (Å²) in [5.74, 6) is 0.674. The average Bonchev–Trinajstić information content (AvgIpc) is 2.83. The van der Waals surface area contributed by atoms with Gasteiger partial charge in [-0.2, -0.15) is 4.31 Å². The second-order valence-electron chi connectivity index (χ2n) is 8.20. The zero-order valence-corrected chi connectivity index (χ0v) is 18.6. The lowest BCUT2D eigenvalue weighted by Gasteiger charge is -2.47. The van der Waals surface area contributed by atoms with E-state index in [1.165, 1.54) is 0 Å². The molecule has 4 heterocycles. The molecule has 0 bridgehead atoms. The lowest BCUT2D eigenvalue weighted by atomic mass is 9.90. The molecule has 0 aliphatic carbocycles. The molecule has 32 heavy (non-hydrogen) atoms. The predicted octanol–water partition coefficient (Wildman–Crippen LogP) is 2.22. The number of hydrogen-bond acceptors (Lipinski definition) is 6. The highest BCUT2D eigenvalue weighted by Gasteiger charge is 2.42. The van der Waals surface area contributed by atoms with Crippen molar-refractivity contribution in [2.75, 3.05) is 24.5 Å². The summed E-state index contributed by atoms with van der Waals surface area (Å²) in [6.45, 7) is 4.03. The maximum absolute atomic E-state index is 13.2. The van der Waals surface area contributed by atoms with Crippen molar-refractivity contribution in [3.63, 3.8) is 0 Å². The minimum atomic E-state index is -3.56. The summed E-state index contributed by atoms with van der Waals surface area (Å²) in [6.07, 6.45) is 4.06. The van der Waals surface area contributed by atoms with Crippen molar-refractivity contribution in [2.24, 2.45) is 5.92 Å². The summed E-state index contributed by atoms with van der Waals surface area (Å²) >= 11 is 0. The number of sulfonamides is 1. The van der Waals surface area contributed by atoms with E-state index in [1.54, 1.807) is 51.6 Å². The number of anilines is 1. The molecule has 0 saturated carbocycles. The van der Waals surface area contributed by atoms with Crippen LogP contribution in [0.2, 0.25) is 0 Å². The normalized spacial score (nSPS) is 21.1. The Balaban J connectivity index is 1.49. The SMILES string of the molecule is CCN1c2nc(-c3ccncc3)cc(=O)n2CC2CN(S(=O)(=O)c3ccccc3)CCC21. The molecule has 8 nitrogen and oxygen atoms in total. The number of benzene rings is 1. The first-order chi connectivity index (χ1) is 15.5. The van der Waals surface area contributed by atoms with Crippen LogP contribution in [0.15, 0.2) is 70.6 Å². The molecule has 9 heteroatoms. The fourth-order valence-corrected chi connectivity index (χ4v) is 6.38. The Bertz CT molecular complexity index is 1280. The predicted molar refractivity (Wildman–Crippen MR) is 122 cm³/mol. The van der Waals surface area contributed by atoms with Gasteiger partial charge in [0, 0.05) is 62.2 Å². The Morgan fingerprint density at radius 2 is 1.81 bits per heavy atom. The summed E-state index contributed by atoms with van der Waals surface area (Å²) < 4.78 is 29.6. The van der Waals surface area contributed by atoms with Gasteiger partial charge in [0.1, 0.15) is 0 Å². The fourth-order valence-electron chi connectivity index (χ4n) is 4.85. The van der Waals surface area contributed by atoms with Crippen molar-refractivity contribution in [1.29, 1.82) is 0 Å². The van der Waals surface area contributed by atoms with Gasteiger partial charge in [-0.05, 0) is 37.6 Å². The second kappa shape index (κ2) is 8.14. The first-order valence-electron chi connectivity index (χ1n) is 10.8. The third-order valence-electron chi connectivity index (χ3n) is 6.42. The molecule has 0 amide bonds. The number of pyridine rings is 1. The molecule has 1 fully saturated rings. The molecule has 2 aliphatic heterocycles. The monoisotopic (exact) mass is 451 g/mol. The molecule has 3 aromatic rings. The van der Waals surface area contributed by atoms with E-state index in [1.807, 2.05) is 25.1 Å². The maximum atomic E-state index is 13.2. The van der Waals surface area contributed by atoms with E-state index in [9.17, 15) is 13.2 Å². The van der Waals surface area contributed by atoms with Crippen molar-refractivity contribution in [3.05, 3.63) is 71.3 Å². The summed E-state index contributed by atoms with van der Waals surface area (Å²) in [5.41, 5.74) is 1.36. The lowest BCUT2D eigenvalue weighted by molar-refractivity contribution is 0.189. The van der Waals surface area contributed by atoms with Crippen LogP contribution < -0.4 is 10.5 Å². The Morgan fingerprint density at radius 1 is 1.06 bits per heavy atom. The molecule has 5 rings (SSSR count). The topological polar surface area (TPSA) is 88.4 Å². The summed E-state index contributed by atoms with van der Waals surface area (Å²) in [4.78, 5) is 24.4. The highest BCUT2D eigenvalue weighted by atomic mass is 32.2. The van der Waals surface area contributed by atoms with E-state index in [0.717, 1.165) is 5.56 Å². The van der Waals surface area contributed by atoms with Crippen LogP contribution in [0.4, 0.5) is 5.95 Å². The standard InChI is InChI=1S/C23H25N5O3S/c1-2-27-21-10-13-26(32(30,31)19-6-4-3-5-7-19)15-18(21)16-28-22(29)14-20(25-23(27)28)17-8-11-24-12-9-17/h3-9,11-12,14,18,21H,2,10,13,15-16H2,1H3. The number of hydrogen-bond donors (Lipinski definition) is 0. The van der Waals surface area contributed by atoms with Gasteiger partial charge in [0.05, 0.1) is 10.6 Å². The van der Waals surface area contributed by atoms with Crippen LogP contribution in [0.1, 0.15) is 13.3 Å². The number of piperidine rings is 1. The van der Waals surface area contributed by atoms with Gasteiger partial charge in [0.2, 0.25) is 16.0 Å². The fraction of sp³-hybridized carbons (Fsp3) is 0.348. The molecule has 166 valence electrons. The van der Waals surface area contributed by atoms with Crippen molar-refractivity contribution >= 4 is 16.0 Å². The first kappa shape index (κ1) is 20.8. The van der Waals surface area contributed by atoms with Crippen molar-refractivity contribution in [2.45, 2.75) is 30.8 Å². The molecule has 0 N–H and O–H groups in total. The minimum Gasteiger partial charge on any atom is -0.339 e. The zero-order valence-electron chi connectivity index (χ0n) is 17.8. The van der Waals surface area contributed by atoms with E-state index in [0.29, 0.717) is 49.1 Å². The first-order valence-corrected chi connectivity index (χ1v) is 12.3. The van der Waals surface area contributed by atoms with E-state index >= 15 is 0 Å². The maximum Gasteiger partial charge on any atom is 0.255 e. The van der Waals surface area contributed by atoms with Crippen LogP contribution >= 0.6 is 0 Å². The quantitative estimate of drug-likeness (QED) is 0.604. The molecule has 1 aromatic carbocycles. The number of rotatable bonds is 4. The van der Waals surface area contributed by atoms with E-state index in [4.69, 9.17) is 4.98 Å². The van der Waals surface area contributed by atoms with Crippen LogP contribution in [-0.4, -0.2) is 52.9 Å². The van der Waals surface area contributed by atoms with E-state index < -0.39 is 10.0 Å². The van der Waals surface area contributed by atoms with Gasteiger partial charge in [0.25, 0.3) is 5.56 Å². The van der Waals surface area contributed by atoms with Crippen molar-refractivity contribution in [3.8, 4) is 11.3 Å². The van der Waals surface area contributed by atoms with Gasteiger partial charge >= 0.3 is 0 Å². The van der Waals surface area contributed by atoms with Gasteiger partial charge in [-0.1, -0.05) is 18.2 Å². The van der Waals surface area contributed by atoms with Gasteiger partial charge in [-0.25, -0.2) is 13.4 Å². The molecule has 2 atom stereocenters.